The van der Waals surface area contributed by atoms with E-state index in [1.54, 1.807) is 0 Å². The third kappa shape index (κ3) is 2.62. The van der Waals surface area contributed by atoms with Crippen LogP contribution >= 0.6 is 0 Å². The molecule has 0 spiro atoms. The standard InChI is InChI=1S/C9H8F3NO3/c1-16-6(14)3-4-2-5(10)8(15)7(13-4)9(11)12/h2,9,15H,3H2,1H3. The molecule has 4 nitrogen and oxygen atoms in total. The zero-order valence-corrected chi connectivity index (χ0v) is 8.21. The number of carbonyl (C=O) groups excluding carboxylic acids is 1. The predicted molar refractivity (Wildman–Crippen MR) is 46.5 cm³/mol. The summed E-state index contributed by atoms with van der Waals surface area (Å²) >= 11 is 0. The van der Waals surface area contributed by atoms with Crippen LogP contribution in [0.3, 0.4) is 0 Å². The van der Waals surface area contributed by atoms with Crippen LogP contribution in [0.25, 0.3) is 0 Å². The normalized spacial score (nSPS) is 10.6. The molecular formula is C9H8F3NO3. The van der Waals surface area contributed by atoms with Crippen LogP contribution in [0.1, 0.15) is 17.8 Å². The number of carbonyl (C=O) groups is 1. The molecule has 16 heavy (non-hydrogen) atoms. The highest BCUT2D eigenvalue weighted by atomic mass is 19.3. The third-order valence-corrected chi connectivity index (χ3v) is 1.79. The second kappa shape index (κ2) is 4.82. The first-order valence-corrected chi connectivity index (χ1v) is 4.19. The minimum absolute atomic E-state index is 0.225. The molecular weight excluding hydrogens is 227 g/mol. The largest absolute Gasteiger partial charge is 0.503 e. The van der Waals surface area contributed by atoms with Crippen molar-refractivity contribution in [1.29, 1.82) is 0 Å². The van der Waals surface area contributed by atoms with Gasteiger partial charge in [-0.3, -0.25) is 4.79 Å². The zero-order chi connectivity index (χ0) is 12.3. The Labute approximate surface area is 88.7 Å². The fourth-order valence-corrected chi connectivity index (χ4v) is 1.04. The Balaban J connectivity index is 3.09. The number of rotatable bonds is 3. The van der Waals surface area contributed by atoms with Gasteiger partial charge in [-0.2, -0.15) is 0 Å². The summed E-state index contributed by atoms with van der Waals surface area (Å²) in [5.41, 5.74) is -1.31. The van der Waals surface area contributed by atoms with E-state index in [0.29, 0.717) is 6.07 Å². The molecule has 0 bridgehead atoms. The zero-order valence-electron chi connectivity index (χ0n) is 8.21. The van der Waals surface area contributed by atoms with Crippen LogP contribution in [-0.2, 0) is 16.0 Å². The van der Waals surface area contributed by atoms with Gasteiger partial charge in [0.2, 0.25) is 0 Å². The molecule has 0 saturated heterocycles. The number of methoxy groups -OCH3 is 1. The van der Waals surface area contributed by atoms with Crippen molar-refractivity contribution in [2.45, 2.75) is 12.8 Å². The molecule has 7 heteroatoms. The summed E-state index contributed by atoms with van der Waals surface area (Å²) in [5.74, 6) is -3.19. The van der Waals surface area contributed by atoms with Gasteiger partial charge < -0.3 is 9.84 Å². The van der Waals surface area contributed by atoms with Crippen LogP contribution in [0.2, 0.25) is 0 Å². The Morgan fingerprint density at radius 3 is 2.75 bits per heavy atom. The fraction of sp³-hybridized carbons (Fsp3) is 0.333. The van der Waals surface area contributed by atoms with Crippen molar-refractivity contribution in [3.05, 3.63) is 23.3 Å². The smallest absolute Gasteiger partial charge is 0.311 e. The van der Waals surface area contributed by atoms with E-state index < -0.39 is 36.1 Å². The van der Waals surface area contributed by atoms with E-state index in [1.165, 1.54) is 0 Å². The van der Waals surface area contributed by atoms with Gasteiger partial charge in [0.25, 0.3) is 6.43 Å². The van der Waals surface area contributed by atoms with Crippen molar-refractivity contribution in [2.75, 3.05) is 7.11 Å². The topological polar surface area (TPSA) is 59.4 Å². The highest BCUT2D eigenvalue weighted by molar-refractivity contribution is 5.71. The maximum absolute atomic E-state index is 13.0. The summed E-state index contributed by atoms with van der Waals surface area (Å²) in [7, 11) is 1.10. The van der Waals surface area contributed by atoms with Gasteiger partial charge in [0.1, 0.15) is 0 Å². The lowest BCUT2D eigenvalue weighted by Crippen LogP contribution is -2.08. The van der Waals surface area contributed by atoms with Gasteiger partial charge in [0, 0.05) is 0 Å². The molecule has 0 amide bonds. The summed E-state index contributed by atoms with van der Waals surface area (Å²) < 4.78 is 41.9. The Bertz CT molecular complexity index is 409. The predicted octanol–water partition coefficient (Wildman–Crippen LogP) is 1.58. The van der Waals surface area contributed by atoms with Crippen molar-refractivity contribution < 1.29 is 27.8 Å². The molecule has 1 aromatic rings. The highest BCUT2D eigenvalue weighted by Gasteiger charge is 2.20. The van der Waals surface area contributed by atoms with Gasteiger partial charge in [-0.25, -0.2) is 18.2 Å². The summed E-state index contributed by atoms with van der Waals surface area (Å²) in [5, 5.41) is 8.95. The SMILES string of the molecule is COC(=O)Cc1cc(F)c(O)c(C(F)F)n1. The quantitative estimate of drug-likeness (QED) is 0.808. The first-order valence-electron chi connectivity index (χ1n) is 4.19. The Hall–Kier alpha value is -1.79. The molecule has 1 aromatic heterocycles. The third-order valence-electron chi connectivity index (χ3n) is 1.79. The van der Waals surface area contributed by atoms with E-state index in [4.69, 9.17) is 5.11 Å². The number of aromatic nitrogens is 1. The number of esters is 1. The molecule has 1 rings (SSSR count). The molecule has 0 aliphatic rings. The number of pyridine rings is 1. The molecule has 0 saturated carbocycles. The van der Waals surface area contributed by atoms with Crippen molar-refractivity contribution in [1.82, 2.24) is 4.98 Å². The number of hydrogen-bond donors (Lipinski definition) is 1. The van der Waals surface area contributed by atoms with Crippen LogP contribution in [-0.4, -0.2) is 23.2 Å². The molecule has 1 heterocycles. The number of aromatic hydroxyl groups is 1. The maximum Gasteiger partial charge on any atom is 0.311 e. The average Bonchev–Trinajstić information content (AvgIpc) is 2.22. The van der Waals surface area contributed by atoms with Gasteiger partial charge in [0.15, 0.2) is 17.3 Å². The average molecular weight is 235 g/mol. The molecule has 1 N–H and O–H groups in total. The minimum atomic E-state index is -3.12. The summed E-state index contributed by atoms with van der Waals surface area (Å²) in [6.07, 6.45) is -3.56. The number of nitrogens with zero attached hydrogens (tertiary/aromatic N) is 1. The van der Waals surface area contributed by atoms with E-state index in [9.17, 15) is 18.0 Å². The maximum atomic E-state index is 13.0. The second-order valence-electron chi connectivity index (χ2n) is 2.88. The number of alkyl halides is 2. The fourth-order valence-electron chi connectivity index (χ4n) is 1.04. The molecule has 0 atom stereocenters. The molecule has 0 unspecified atom stereocenters. The Morgan fingerprint density at radius 2 is 2.25 bits per heavy atom. The molecule has 0 fully saturated rings. The van der Waals surface area contributed by atoms with E-state index in [2.05, 4.69) is 9.72 Å². The van der Waals surface area contributed by atoms with Crippen LogP contribution in [0.5, 0.6) is 5.75 Å². The first kappa shape index (κ1) is 12.3. The van der Waals surface area contributed by atoms with Crippen LogP contribution in [0.4, 0.5) is 13.2 Å². The second-order valence-corrected chi connectivity index (χ2v) is 2.88. The molecule has 0 aliphatic carbocycles. The van der Waals surface area contributed by atoms with Gasteiger partial charge >= 0.3 is 5.97 Å². The number of hydrogen-bond acceptors (Lipinski definition) is 4. The van der Waals surface area contributed by atoms with Gasteiger partial charge in [-0.15, -0.1) is 0 Å². The van der Waals surface area contributed by atoms with Crippen molar-refractivity contribution in [2.24, 2.45) is 0 Å². The van der Waals surface area contributed by atoms with Crippen molar-refractivity contribution >= 4 is 5.97 Å². The lowest BCUT2D eigenvalue weighted by molar-refractivity contribution is -0.139. The van der Waals surface area contributed by atoms with Gasteiger partial charge in [-0.05, 0) is 6.07 Å². The van der Waals surface area contributed by atoms with E-state index >= 15 is 0 Å². The van der Waals surface area contributed by atoms with Gasteiger partial charge in [-0.1, -0.05) is 0 Å². The van der Waals surface area contributed by atoms with Crippen LogP contribution < -0.4 is 0 Å². The summed E-state index contributed by atoms with van der Waals surface area (Å²) in [4.78, 5) is 14.1. The minimum Gasteiger partial charge on any atom is -0.503 e. The van der Waals surface area contributed by atoms with E-state index in [-0.39, 0.29) is 5.69 Å². The number of ether oxygens (including phenoxy) is 1. The molecule has 0 aromatic carbocycles. The van der Waals surface area contributed by atoms with Gasteiger partial charge in [0.05, 0.1) is 19.2 Å². The lowest BCUT2D eigenvalue weighted by atomic mass is 10.2. The first-order chi connectivity index (χ1) is 7.45. The van der Waals surface area contributed by atoms with Crippen LogP contribution in [0.15, 0.2) is 6.07 Å². The summed E-state index contributed by atoms with van der Waals surface area (Å²) in [6, 6.07) is 0.706. The van der Waals surface area contributed by atoms with Crippen molar-refractivity contribution in [3.8, 4) is 5.75 Å². The highest BCUT2D eigenvalue weighted by Crippen LogP contribution is 2.29. The Kier molecular flexibility index (Phi) is 3.70. The van der Waals surface area contributed by atoms with Crippen molar-refractivity contribution in [3.63, 3.8) is 0 Å². The summed E-state index contributed by atoms with van der Waals surface area (Å²) in [6.45, 7) is 0. The van der Waals surface area contributed by atoms with E-state index in [0.717, 1.165) is 7.11 Å². The molecule has 88 valence electrons. The van der Waals surface area contributed by atoms with Crippen LogP contribution in [0, 0.1) is 5.82 Å². The number of halogens is 3. The molecule has 0 aliphatic heterocycles. The van der Waals surface area contributed by atoms with E-state index in [1.807, 2.05) is 0 Å². The Morgan fingerprint density at radius 1 is 1.62 bits per heavy atom. The molecule has 0 radical (unpaired) electrons. The lowest BCUT2D eigenvalue weighted by Gasteiger charge is -2.06. The monoisotopic (exact) mass is 235 g/mol.